The monoisotopic (exact) mass is 271 g/mol. The summed E-state index contributed by atoms with van der Waals surface area (Å²) in [4.78, 5) is 11.6. The highest BCUT2D eigenvalue weighted by atomic mass is 35.5. The lowest BCUT2D eigenvalue weighted by atomic mass is 9.81. The van der Waals surface area contributed by atoms with Crippen molar-refractivity contribution in [1.29, 1.82) is 0 Å². The predicted molar refractivity (Wildman–Crippen MR) is 59.8 cm³/mol. The van der Waals surface area contributed by atoms with Gasteiger partial charge in [0.15, 0.2) is 0 Å². The van der Waals surface area contributed by atoms with E-state index in [4.69, 9.17) is 11.6 Å². The molecular formula is C11H17ClF3NO. The van der Waals surface area contributed by atoms with Crippen molar-refractivity contribution in [2.45, 2.75) is 44.2 Å². The number of alkyl halides is 4. The first-order chi connectivity index (χ1) is 7.80. The average Bonchev–Trinajstić information content (AvgIpc) is 2.25. The van der Waals surface area contributed by atoms with Crippen molar-refractivity contribution < 1.29 is 18.0 Å². The number of carbonyl (C=O) groups excluding carboxylic acids is 1. The molecule has 0 aromatic carbocycles. The van der Waals surface area contributed by atoms with E-state index < -0.39 is 12.1 Å². The van der Waals surface area contributed by atoms with Crippen LogP contribution >= 0.6 is 11.6 Å². The van der Waals surface area contributed by atoms with E-state index in [1.165, 1.54) is 0 Å². The molecule has 1 aliphatic carbocycles. The Bertz CT molecular complexity index is 260. The van der Waals surface area contributed by atoms with Crippen LogP contribution in [-0.4, -0.2) is 24.0 Å². The lowest BCUT2D eigenvalue weighted by Crippen LogP contribution is -2.37. The second kappa shape index (κ2) is 5.94. The molecule has 100 valence electrons. The van der Waals surface area contributed by atoms with Crippen LogP contribution in [-0.2, 0) is 4.79 Å². The summed E-state index contributed by atoms with van der Waals surface area (Å²) >= 11 is 5.68. The first-order valence-corrected chi connectivity index (χ1v) is 6.23. The number of nitrogens with one attached hydrogen (secondary N) is 1. The van der Waals surface area contributed by atoms with E-state index in [1.54, 1.807) is 6.92 Å². The summed E-state index contributed by atoms with van der Waals surface area (Å²) < 4.78 is 37.2. The van der Waals surface area contributed by atoms with Crippen LogP contribution in [0.5, 0.6) is 0 Å². The molecule has 0 radical (unpaired) electrons. The van der Waals surface area contributed by atoms with Crippen molar-refractivity contribution in [1.82, 2.24) is 5.32 Å². The Morgan fingerprint density at radius 3 is 2.29 bits per heavy atom. The number of amides is 1. The lowest BCUT2D eigenvalue weighted by molar-refractivity contribution is -0.184. The molecule has 0 heterocycles. The molecule has 0 spiro atoms. The van der Waals surface area contributed by atoms with Gasteiger partial charge in [-0.25, -0.2) is 0 Å². The standard InChI is InChI=1S/C11H17ClF3NO/c1-7(12)6-16-10(17)8-2-4-9(5-3-8)11(13,14)15/h7-9H,2-6H2,1H3,(H,16,17). The van der Waals surface area contributed by atoms with Gasteiger partial charge in [-0.2, -0.15) is 13.2 Å². The Morgan fingerprint density at radius 2 is 1.88 bits per heavy atom. The van der Waals surface area contributed by atoms with E-state index in [0.29, 0.717) is 19.4 Å². The number of hydrogen-bond acceptors (Lipinski definition) is 1. The van der Waals surface area contributed by atoms with Crippen LogP contribution in [0.2, 0.25) is 0 Å². The minimum absolute atomic E-state index is 0.0536. The minimum atomic E-state index is -4.12. The van der Waals surface area contributed by atoms with Crippen molar-refractivity contribution in [3.63, 3.8) is 0 Å². The van der Waals surface area contributed by atoms with Crippen molar-refractivity contribution in [2.24, 2.45) is 11.8 Å². The van der Waals surface area contributed by atoms with E-state index >= 15 is 0 Å². The maximum atomic E-state index is 12.4. The van der Waals surface area contributed by atoms with Crippen LogP contribution in [0.1, 0.15) is 32.6 Å². The molecule has 0 aromatic rings. The average molecular weight is 272 g/mol. The first kappa shape index (κ1) is 14.6. The SMILES string of the molecule is CC(Cl)CNC(=O)C1CCC(C(F)(F)F)CC1. The van der Waals surface area contributed by atoms with Gasteiger partial charge in [0.05, 0.1) is 5.92 Å². The van der Waals surface area contributed by atoms with E-state index in [9.17, 15) is 18.0 Å². The van der Waals surface area contributed by atoms with E-state index in [-0.39, 0.29) is 30.0 Å². The zero-order chi connectivity index (χ0) is 13.1. The highest BCUT2D eigenvalue weighted by molar-refractivity contribution is 6.20. The maximum Gasteiger partial charge on any atom is 0.391 e. The van der Waals surface area contributed by atoms with Gasteiger partial charge in [-0.1, -0.05) is 0 Å². The Balaban J connectivity index is 2.34. The Hall–Kier alpha value is -0.450. The highest BCUT2D eigenvalue weighted by Crippen LogP contribution is 2.39. The van der Waals surface area contributed by atoms with Crippen molar-refractivity contribution in [3.8, 4) is 0 Å². The van der Waals surface area contributed by atoms with Gasteiger partial charge < -0.3 is 5.32 Å². The lowest BCUT2D eigenvalue weighted by Gasteiger charge is -2.29. The number of hydrogen-bond donors (Lipinski definition) is 1. The largest absolute Gasteiger partial charge is 0.391 e. The summed E-state index contributed by atoms with van der Waals surface area (Å²) in [5.41, 5.74) is 0. The van der Waals surface area contributed by atoms with Crippen molar-refractivity contribution in [2.75, 3.05) is 6.54 Å². The van der Waals surface area contributed by atoms with Gasteiger partial charge >= 0.3 is 6.18 Å². The second-order valence-electron chi connectivity index (χ2n) is 4.62. The summed E-state index contributed by atoms with van der Waals surface area (Å²) in [6, 6.07) is 0. The van der Waals surface area contributed by atoms with E-state index in [2.05, 4.69) is 5.32 Å². The Morgan fingerprint density at radius 1 is 1.35 bits per heavy atom. The molecule has 1 atom stereocenters. The molecule has 1 fully saturated rings. The van der Waals surface area contributed by atoms with Crippen LogP contribution in [0.4, 0.5) is 13.2 Å². The summed E-state index contributed by atoms with van der Waals surface area (Å²) in [6.45, 7) is 2.11. The molecule has 0 aromatic heterocycles. The molecule has 1 N–H and O–H groups in total. The fraction of sp³-hybridized carbons (Fsp3) is 0.909. The van der Waals surface area contributed by atoms with E-state index in [1.807, 2.05) is 0 Å². The third-order valence-corrected chi connectivity index (χ3v) is 3.27. The molecule has 1 amide bonds. The van der Waals surface area contributed by atoms with Gasteiger partial charge in [0, 0.05) is 17.8 Å². The molecule has 2 nitrogen and oxygen atoms in total. The Labute approximate surface area is 104 Å². The van der Waals surface area contributed by atoms with Crippen molar-refractivity contribution in [3.05, 3.63) is 0 Å². The van der Waals surface area contributed by atoms with E-state index in [0.717, 1.165) is 0 Å². The Kier molecular flexibility index (Phi) is 5.10. The second-order valence-corrected chi connectivity index (χ2v) is 5.36. The fourth-order valence-corrected chi connectivity index (χ4v) is 2.15. The van der Waals surface area contributed by atoms with Crippen molar-refractivity contribution >= 4 is 17.5 Å². The quantitative estimate of drug-likeness (QED) is 0.785. The normalized spacial score (nSPS) is 27.6. The molecule has 0 aliphatic heterocycles. The van der Waals surface area contributed by atoms with Crippen LogP contribution in [0, 0.1) is 11.8 Å². The smallest absolute Gasteiger partial charge is 0.354 e. The summed E-state index contributed by atoms with van der Waals surface area (Å²) in [5.74, 6) is -1.69. The molecule has 1 saturated carbocycles. The van der Waals surface area contributed by atoms with Gasteiger partial charge in [-0.15, -0.1) is 11.6 Å². The molecule has 6 heteroatoms. The first-order valence-electron chi connectivity index (χ1n) is 5.79. The number of rotatable bonds is 3. The molecule has 1 rings (SSSR count). The van der Waals surface area contributed by atoms with Gasteiger partial charge in [-0.3, -0.25) is 4.79 Å². The van der Waals surface area contributed by atoms with Gasteiger partial charge in [0.1, 0.15) is 0 Å². The van der Waals surface area contributed by atoms with Crippen LogP contribution in [0.3, 0.4) is 0 Å². The molecule has 1 unspecified atom stereocenters. The minimum Gasteiger partial charge on any atom is -0.354 e. The maximum absolute atomic E-state index is 12.4. The number of carbonyl (C=O) groups is 1. The summed E-state index contributed by atoms with van der Waals surface area (Å²) in [7, 11) is 0. The number of halogens is 4. The molecule has 17 heavy (non-hydrogen) atoms. The predicted octanol–water partition coefficient (Wildman–Crippen LogP) is 3.10. The summed E-state index contributed by atoms with van der Waals surface area (Å²) in [6.07, 6.45) is -3.39. The molecule has 0 bridgehead atoms. The highest BCUT2D eigenvalue weighted by Gasteiger charge is 2.42. The zero-order valence-electron chi connectivity index (χ0n) is 9.69. The topological polar surface area (TPSA) is 29.1 Å². The van der Waals surface area contributed by atoms with Crippen LogP contribution in [0.15, 0.2) is 0 Å². The van der Waals surface area contributed by atoms with Crippen LogP contribution in [0.25, 0.3) is 0 Å². The molecule has 1 aliphatic rings. The third kappa shape index (κ3) is 4.74. The summed E-state index contributed by atoms with van der Waals surface area (Å²) in [5, 5.41) is 2.49. The third-order valence-electron chi connectivity index (χ3n) is 3.12. The zero-order valence-corrected chi connectivity index (χ0v) is 10.4. The van der Waals surface area contributed by atoms with Gasteiger partial charge in [0.25, 0.3) is 0 Å². The molecular weight excluding hydrogens is 255 g/mol. The van der Waals surface area contributed by atoms with Crippen LogP contribution < -0.4 is 5.32 Å². The van der Waals surface area contributed by atoms with Gasteiger partial charge in [0.2, 0.25) is 5.91 Å². The fourth-order valence-electron chi connectivity index (χ4n) is 2.07. The molecule has 0 saturated heterocycles. The van der Waals surface area contributed by atoms with Gasteiger partial charge in [-0.05, 0) is 32.6 Å².